The summed E-state index contributed by atoms with van der Waals surface area (Å²) in [6.07, 6.45) is -0.918. The van der Waals surface area contributed by atoms with E-state index in [0.29, 0.717) is 15.7 Å². The third kappa shape index (κ3) is 6.44. The second-order valence-corrected chi connectivity index (χ2v) is 11.5. The predicted octanol–water partition coefficient (Wildman–Crippen LogP) is 5.37. The quantitative estimate of drug-likeness (QED) is 0.312. The topological polar surface area (TPSA) is 54.9 Å². The van der Waals surface area contributed by atoms with E-state index in [2.05, 4.69) is 22.2 Å². The minimum absolute atomic E-state index is 0.166. The number of hydrogen-bond acceptors (Lipinski definition) is 4. The van der Waals surface area contributed by atoms with Crippen molar-refractivity contribution in [3.8, 4) is 0 Å². The van der Waals surface area contributed by atoms with Crippen molar-refractivity contribution in [2.75, 3.05) is 5.32 Å². The van der Waals surface area contributed by atoms with Crippen molar-refractivity contribution in [3.63, 3.8) is 0 Å². The number of nitrogens with zero attached hydrogens (tertiary/aromatic N) is 2. The van der Waals surface area contributed by atoms with Crippen LogP contribution in [-0.4, -0.2) is 31.6 Å². The first-order valence-electron chi connectivity index (χ1n) is 11.0. The molecule has 0 aliphatic carbocycles. The SMILES string of the molecule is CCCc1ccc2c([As]c3cc(C(F)(F)F)ccc3Sc3ccc(NC(C)=O)cc3)ccnc2n1. The molecule has 1 radical (unpaired) electrons. The van der Waals surface area contributed by atoms with Gasteiger partial charge in [-0.3, -0.25) is 0 Å². The Bertz CT molecular complexity index is 1360. The molecule has 35 heavy (non-hydrogen) atoms. The standard InChI is InChI=1S/C26H22AsF3N3OS/c1-3-4-18-8-11-21-22(13-14-31-25(21)33-18)27-23-15-17(26(28,29)30)5-12-24(23)35-20-9-6-19(7-10-20)32-16(2)34/h5-15H,3-4H2,1-2H3,(H,32,34). The average molecular weight is 556 g/mol. The Morgan fingerprint density at radius 1 is 1.03 bits per heavy atom. The number of fused-ring (bicyclic) bond motifs is 1. The van der Waals surface area contributed by atoms with Crippen LogP contribution in [0, 0.1) is 0 Å². The van der Waals surface area contributed by atoms with Gasteiger partial charge in [-0.05, 0) is 0 Å². The molecule has 0 bridgehead atoms. The van der Waals surface area contributed by atoms with Gasteiger partial charge >= 0.3 is 213 Å². The van der Waals surface area contributed by atoms with Gasteiger partial charge in [0.25, 0.3) is 0 Å². The number of carbonyl (C=O) groups is 1. The molecule has 0 saturated heterocycles. The summed E-state index contributed by atoms with van der Waals surface area (Å²) in [7, 11) is 0. The van der Waals surface area contributed by atoms with E-state index < -0.39 is 27.5 Å². The number of nitrogens with one attached hydrogen (secondary N) is 1. The van der Waals surface area contributed by atoms with Gasteiger partial charge < -0.3 is 0 Å². The molecule has 0 unspecified atom stereocenters. The molecule has 0 saturated carbocycles. The van der Waals surface area contributed by atoms with E-state index in [0.717, 1.165) is 44.1 Å². The fraction of sp³-hybridized carbons (Fsp3) is 0.192. The van der Waals surface area contributed by atoms with Crippen LogP contribution in [0.3, 0.4) is 0 Å². The van der Waals surface area contributed by atoms with E-state index in [1.54, 1.807) is 24.4 Å². The van der Waals surface area contributed by atoms with Crippen LogP contribution in [0.5, 0.6) is 0 Å². The molecular formula is C26H22AsF3N3OS. The minimum atomic E-state index is -4.42. The first kappa shape index (κ1) is 25.3. The molecule has 0 atom stereocenters. The van der Waals surface area contributed by atoms with Crippen LogP contribution in [0.4, 0.5) is 18.9 Å². The number of benzene rings is 2. The zero-order chi connectivity index (χ0) is 25.0. The van der Waals surface area contributed by atoms with Gasteiger partial charge in [0.15, 0.2) is 0 Å². The summed E-state index contributed by atoms with van der Waals surface area (Å²) in [5.41, 5.74) is 1.59. The summed E-state index contributed by atoms with van der Waals surface area (Å²) in [6.45, 7) is 3.52. The van der Waals surface area contributed by atoms with Gasteiger partial charge in [-0.2, -0.15) is 0 Å². The molecule has 1 amide bonds. The van der Waals surface area contributed by atoms with Crippen molar-refractivity contribution < 1.29 is 18.0 Å². The number of amides is 1. The van der Waals surface area contributed by atoms with Crippen LogP contribution < -0.4 is 14.0 Å². The van der Waals surface area contributed by atoms with E-state index in [1.807, 2.05) is 30.3 Å². The number of hydrogen-bond donors (Lipinski definition) is 1. The van der Waals surface area contributed by atoms with E-state index in [9.17, 15) is 18.0 Å². The number of aryl methyl sites for hydroxylation is 1. The molecule has 0 spiro atoms. The summed E-state index contributed by atoms with van der Waals surface area (Å²) in [4.78, 5) is 21.9. The van der Waals surface area contributed by atoms with Crippen molar-refractivity contribution in [2.24, 2.45) is 0 Å². The van der Waals surface area contributed by atoms with Crippen molar-refractivity contribution in [1.82, 2.24) is 9.97 Å². The maximum absolute atomic E-state index is 13.5. The van der Waals surface area contributed by atoms with Gasteiger partial charge in [0.2, 0.25) is 0 Å². The first-order chi connectivity index (χ1) is 16.7. The van der Waals surface area contributed by atoms with Crippen LogP contribution in [-0.2, 0) is 17.4 Å². The summed E-state index contributed by atoms with van der Waals surface area (Å²) < 4.78 is 42.2. The molecule has 2 heterocycles. The van der Waals surface area contributed by atoms with Gasteiger partial charge in [-0.25, -0.2) is 0 Å². The first-order valence-corrected chi connectivity index (χ1v) is 13.7. The number of anilines is 1. The molecule has 9 heteroatoms. The zero-order valence-electron chi connectivity index (χ0n) is 19.1. The van der Waals surface area contributed by atoms with Gasteiger partial charge in [-0.1, -0.05) is 0 Å². The zero-order valence-corrected chi connectivity index (χ0v) is 21.8. The Balaban J connectivity index is 1.69. The van der Waals surface area contributed by atoms with Gasteiger partial charge in [-0.15, -0.1) is 0 Å². The Hall–Kier alpha value is -2.83. The number of pyridine rings is 2. The second-order valence-electron chi connectivity index (χ2n) is 7.85. The van der Waals surface area contributed by atoms with E-state index in [1.165, 1.54) is 24.8 Å². The van der Waals surface area contributed by atoms with Crippen molar-refractivity contribution >= 4 is 58.8 Å². The molecule has 0 fully saturated rings. The number of alkyl halides is 3. The Kier molecular flexibility index (Phi) is 7.82. The number of rotatable bonds is 7. The van der Waals surface area contributed by atoms with Crippen LogP contribution in [0.2, 0.25) is 0 Å². The van der Waals surface area contributed by atoms with Crippen LogP contribution >= 0.6 is 11.8 Å². The fourth-order valence-corrected chi connectivity index (χ4v) is 7.11. The molecular weight excluding hydrogens is 534 g/mol. The molecule has 4 nitrogen and oxygen atoms in total. The Morgan fingerprint density at radius 2 is 1.80 bits per heavy atom. The molecule has 0 aliphatic heterocycles. The number of aromatic nitrogens is 2. The summed E-state index contributed by atoms with van der Waals surface area (Å²) in [5.74, 6) is -0.166. The van der Waals surface area contributed by atoms with Crippen molar-refractivity contribution in [3.05, 3.63) is 78.1 Å². The van der Waals surface area contributed by atoms with Gasteiger partial charge in [0, 0.05) is 0 Å². The normalized spacial score (nSPS) is 11.9. The fourth-order valence-electron chi connectivity index (χ4n) is 3.48. The molecule has 2 aromatic heterocycles. The van der Waals surface area contributed by atoms with E-state index >= 15 is 0 Å². The number of carbonyl (C=O) groups excluding carboxylic acids is 1. The predicted molar refractivity (Wildman–Crippen MR) is 135 cm³/mol. The molecule has 2 aromatic carbocycles. The number of halogens is 3. The van der Waals surface area contributed by atoms with Crippen molar-refractivity contribution in [2.45, 2.75) is 42.7 Å². The van der Waals surface area contributed by atoms with Crippen LogP contribution in [0.1, 0.15) is 31.5 Å². The van der Waals surface area contributed by atoms with Crippen LogP contribution in [0.15, 0.2) is 76.7 Å². The van der Waals surface area contributed by atoms with E-state index in [-0.39, 0.29) is 5.91 Å². The van der Waals surface area contributed by atoms with Gasteiger partial charge in [0.05, 0.1) is 0 Å². The van der Waals surface area contributed by atoms with Crippen molar-refractivity contribution in [1.29, 1.82) is 0 Å². The van der Waals surface area contributed by atoms with Gasteiger partial charge in [0.1, 0.15) is 0 Å². The average Bonchev–Trinajstić information content (AvgIpc) is 2.80. The third-order valence-electron chi connectivity index (χ3n) is 5.07. The molecule has 1 N–H and O–H groups in total. The summed E-state index contributed by atoms with van der Waals surface area (Å²) in [5, 5.41) is 3.59. The summed E-state index contributed by atoms with van der Waals surface area (Å²) >= 11 is 0.640. The molecule has 179 valence electrons. The monoisotopic (exact) mass is 556 g/mol. The molecule has 4 aromatic rings. The Labute approximate surface area is 212 Å². The summed E-state index contributed by atoms with van der Waals surface area (Å²) in [6, 6.07) is 17.0. The van der Waals surface area contributed by atoms with E-state index in [4.69, 9.17) is 0 Å². The Morgan fingerprint density at radius 3 is 2.49 bits per heavy atom. The second kappa shape index (κ2) is 10.8. The molecule has 4 rings (SSSR count). The molecule has 0 aliphatic rings. The third-order valence-corrected chi connectivity index (χ3v) is 9.09. The van der Waals surface area contributed by atoms with Crippen LogP contribution in [0.25, 0.3) is 11.0 Å². The maximum atomic E-state index is 13.5.